The summed E-state index contributed by atoms with van der Waals surface area (Å²) in [6.45, 7) is -0.673. The van der Waals surface area contributed by atoms with E-state index in [9.17, 15) is 9.59 Å². The average Bonchev–Trinajstić information content (AvgIpc) is 2.25. The van der Waals surface area contributed by atoms with Gasteiger partial charge in [-0.3, -0.25) is 4.79 Å². The Labute approximate surface area is 91.7 Å². The number of amides is 1. The molecule has 0 saturated heterocycles. The molecule has 0 saturated carbocycles. The van der Waals surface area contributed by atoms with E-state index in [0.717, 1.165) is 0 Å². The summed E-state index contributed by atoms with van der Waals surface area (Å²) in [4.78, 5) is 22.1. The number of carbonyl (C=O) groups excluding carboxylic acids is 1. The smallest absolute Gasteiger partial charge is 0.328 e. The van der Waals surface area contributed by atoms with Crippen LogP contribution in [0.2, 0.25) is 0 Å². The van der Waals surface area contributed by atoms with Crippen LogP contribution in [0, 0.1) is 0 Å². The predicted molar refractivity (Wildman–Crippen MR) is 56.8 cm³/mol. The zero-order valence-electron chi connectivity index (χ0n) is 8.38. The van der Waals surface area contributed by atoms with E-state index < -0.39 is 24.5 Å². The first-order valence-corrected chi connectivity index (χ1v) is 4.55. The Morgan fingerprint density at radius 2 is 2.00 bits per heavy atom. The van der Waals surface area contributed by atoms with E-state index in [1.165, 1.54) is 12.1 Å². The molecule has 1 rings (SSSR count). The summed E-state index contributed by atoms with van der Waals surface area (Å²) < 4.78 is 0. The lowest BCUT2D eigenvalue weighted by molar-refractivity contribution is -0.140. The van der Waals surface area contributed by atoms with Gasteiger partial charge in [0.1, 0.15) is 0 Å². The summed E-state index contributed by atoms with van der Waals surface area (Å²) in [6.07, 6.45) is 0. The van der Waals surface area contributed by atoms with E-state index >= 15 is 0 Å². The first kappa shape index (κ1) is 12.0. The van der Waals surface area contributed by atoms with Crippen LogP contribution < -0.4 is 11.1 Å². The summed E-state index contributed by atoms with van der Waals surface area (Å²) in [5, 5.41) is 19.5. The van der Waals surface area contributed by atoms with Crippen LogP contribution in [0.5, 0.6) is 0 Å². The molecule has 1 amide bonds. The van der Waals surface area contributed by atoms with Gasteiger partial charge in [-0.1, -0.05) is 12.1 Å². The van der Waals surface area contributed by atoms with Gasteiger partial charge in [-0.15, -0.1) is 0 Å². The maximum Gasteiger partial charge on any atom is 0.328 e. The molecule has 0 aliphatic heterocycles. The predicted octanol–water partition coefficient (Wildman–Crippen LogP) is -0.556. The lowest BCUT2D eigenvalue weighted by atomic mass is 10.1. The molecule has 0 aromatic heterocycles. The van der Waals surface area contributed by atoms with Crippen molar-refractivity contribution in [3.8, 4) is 0 Å². The second-order valence-corrected chi connectivity index (χ2v) is 3.13. The molecule has 0 fully saturated rings. The molecule has 5 N–H and O–H groups in total. The van der Waals surface area contributed by atoms with Gasteiger partial charge in [-0.2, -0.15) is 0 Å². The Kier molecular flexibility index (Phi) is 3.84. The molecule has 0 spiro atoms. The van der Waals surface area contributed by atoms with Gasteiger partial charge in [-0.05, 0) is 12.1 Å². The third-order valence-corrected chi connectivity index (χ3v) is 1.99. The third-order valence-electron chi connectivity index (χ3n) is 1.99. The molecule has 0 heterocycles. The number of hydrogen-bond acceptors (Lipinski definition) is 4. The number of hydrogen-bond donors (Lipinski definition) is 4. The number of anilines is 1. The molecule has 0 unspecified atom stereocenters. The lowest BCUT2D eigenvalue weighted by Gasteiger charge is -2.12. The zero-order valence-corrected chi connectivity index (χ0v) is 8.38. The topological polar surface area (TPSA) is 113 Å². The van der Waals surface area contributed by atoms with Gasteiger partial charge >= 0.3 is 5.97 Å². The second-order valence-electron chi connectivity index (χ2n) is 3.13. The number of aliphatic hydroxyl groups is 1. The molecular weight excluding hydrogens is 212 g/mol. The van der Waals surface area contributed by atoms with Crippen molar-refractivity contribution in [3.63, 3.8) is 0 Å². The number of aliphatic carboxylic acids is 1. The highest BCUT2D eigenvalue weighted by Gasteiger charge is 2.20. The first-order chi connectivity index (χ1) is 7.56. The maximum absolute atomic E-state index is 11.6. The number of carboxylic acid groups (broad SMARTS) is 1. The van der Waals surface area contributed by atoms with Crippen molar-refractivity contribution in [2.24, 2.45) is 0 Å². The number of aliphatic hydroxyl groups excluding tert-OH is 1. The number of carboxylic acids is 1. The van der Waals surface area contributed by atoms with E-state index in [-0.39, 0.29) is 11.3 Å². The number of benzene rings is 1. The molecule has 0 bridgehead atoms. The fourth-order valence-electron chi connectivity index (χ4n) is 1.13. The van der Waals surface area contributed by atoms with Crippen molar-refractivity contribution < 1.29 is 19.8 Å². The van der Waals surface area contributed by atoms with Crippen LogP contribution >= 0.6 is 0 Å². The van der Waals surface area contributed by atoms with Gasteiger partial charge in [0.05, 0.1) is 12.2 Å². The Morgan fingerprint density at radius 3 is 2.50 bits per heavy atom. The second kappa shape index (κ2) is 5.13. The Balaban J connectivity index is 2.80. The van der Waals surface area contributed by atoms with Crippen LogP contribution in [-0.2, 0) is 4.79 Å². The lowest BCUT2D eigenvalue weighted by Crippen LogP contribution is -2.43. The maximum atomic E-state index is 11.6. The highest BCUT2D eigenvalue weighted by molar-refractivity contribution is 6.00. The van der Waals surface area contributed by atoms with Gasteiger partial charge in [0.2, 0.25) is 0 Å². The van der Waals surface area contributed by atoms with E-state index in [2.05, 4.69) is 5.32 Å². The van der Waals surface area contributed by atoms with E-state index in [0.29, 0.717) is 0 Å². The fraction of sp³-hybridized carbons (Fsp3) is 0.200. The zero-order chi connectivity index (χ0) is 12.1. The molecule has 0 aliphatic rings. The number of carbonyl (C=O) groups is 2. The number of nitrogen functional groups attached to an aromatic ring is 1. The van der Waals surface area contributed by atoms with Crippen molar-refractivity contribution in [1.82, 2.24) is 5.32 Å². The summed E-state index contributed by atoms with van der Waals surface area (Å²) >= 11 is 0. The van der Waals surface area contributed by atoms with Crippen molar-refractivity contribution >= 4 is 17.6 Å². The largest absolute Gasteiger partial charge is 0.480 e. The molecular formula is C10H12N2O4. The summed E-state index contributed by atoms with van der Waals surface area (Å²) in [6, 6.07) is 4.95. The van der Waals surface area contributed by atoms with Gasteiger partial charge in [0.25, 0.3) is 5.91 Å². The number of rotatable bonds is 4. The molecule has 0 radical (unpaired) electrons. The molecule has 6 nitrogen and oxygen atoms in total. The summed E-state index contributed by atoms with van der Waals surface area (Å²) in [5.74, 6) is -1.93. The summed E-state index contributed by atoms with van der Waals surface area (Å²) in [7, 11) is 0. The highest BCUT2D eigenvalue weighted by atomic mass is 16.4. The minimum absolute atomic E-state index is 0.183. The van der Waals surface area contributed by atoms with E-state index in [1.807, 2.05) is 0 Å². The third kappa shape index (κ3) is 2.71. The molecule has 86 valence electrons. The average molecular weight is 224 g/mol. The molecule has 16 heavy (non-hydrogen) atoms. The van der Waals surface area contributed by atoms with Crippen molar-refractivity contribution in [3.05, 3.63) is 29.8 Å². The standard InChI is InChI=1S/C10H12N2O4/c11-7-4-2-1-3-6(7)9(14)12-8(5-13)10(15)16/h1-4,8,13H,5,11H2,(H,12,14)(H,15,16)/t8-/m1/s1. The fourth-order valence-corrected chi connectivity index (χ4v) is 1.13. The monoisotopic (exact) mass is 224 g/mol. The Bertz CT molecular complexity index is 406. The van der Waals surface area contributed by atoms with Crippen LogP contribution in [0.4, 0.5) is 5.69 Å². The van der Waals surface area contributed by atoms with E-state index in [1.54, 1.807) is 12.1 Å². The van der Waals surface area contributed by atoms with Gasteiger partial charge in [-0.25, -0.2) is 4.79 Å². The van der Waals surface area contributed by atoms with E-state index in [4.69, 9.17) is 15.9 Å². The normalized spacial score (nSPS) is 11.8. The molecule has 0 aliphatic carbocycles. The molecule has 1 aromatic rings. The Hall–Kier alpha value is -2.08. The van der Waals surface area contributed by atoms with Crippen molar-refractivity contribution in [2.45, 2.75) is 6.04 Å². The van der Waals surface area contributed by atoms with Gasteiger partial charge in [0.15, 0.2) is 6.04 Å². The van der Waals surface area contributed by atoms with Crippen LogP contribution in [0.1, 0.15) is 10.4 Å². The minimum Gasteiger partial charge on any atom is -0.480 e. The number of nitrogens with two attached hydrogens (primary N) is 1. The molecule has 1 aromatic carbocycles. The number of para-hydroxylation sites is 1. The quantitative estimate of drug-likeness (QED) is 0.512. The van der Waals surface area contributed by atoms with Crippen LogP contribution in [0.15, 0.2) is 24.3 Å². The van der Waals surface area contributed by atoms with Gasteiger partial charge in [0, 0.05) is 5.69 Å². The van der Waals surface area contributed by atoms with Gasteiger partial charge < -0.3 is 21.3 Å². The molecule has 1 atom stereocenters. The SMILES string of the molecule is Nc1ccccc1C(=O)N[C@H](CO)C(=O)O. The Morgan fingerprint density at radius 1 is 1.38 bits per heavy atom. The minimum atomic E-state index is -1.33. The van der Waals surface area contributed by atoms with Crippen LogP contribution in [0.25, 0.3) is 0 Å². The van der Waals surface area contributed by atoms with Crippen LogP contribution in [0.3, 0.4) is 0 Å². The number of nitrogens with one attached hydrogen (secondary N) is 1. The van der Waals surface area contributed by atoms with Crippen LogP contribution in [-0.4, -0.2) is 34.7 Å². The first-order valence-electron chi connectivity index (χ1n) is 4.55. The molecule has 6 heteroatoms. The van der Waals surface area contributed by atoms with Crippen molar-refractivity contribution in [2.75, 3.05) is 12.3 Å². The summed E-state index contributed by atoms with van der Waals surface area (Å²) in [5.41, 5.74) is 5.98. The van der Waals surface area contributed by atoms with Crippen molar-refractivity contribution in [1.29, 1.82) is 0 Å². The highest BCUT2D eigenvalue weighted by Crippen LogP contribution is 2.10.